The maximum Gasteiger partial charge on any atom is 0.136 e. The van der Waals surface area contributed by atoms with Crippen LogP contribution < -0.4 is 0 Å². The van der Waals surface area contributed by atoms with Crippen LogP contribution in [0.25, 0.3) is 0 Å². The third-order valence-electron chi connectivity index (χ3n) is 2.93. The number of ketones is 1. The van der Waals surface area contributed by atoms with E-state index in [1.165, 1.54) is 0 Å². The Morgan fingerprint density at radius 1 is 1.47 bits per heavy atom. The van der Waals surface area contributed by atoms with Gasteiger partial charge in [0.1, 0.15) is 5.78 Å². The number of aryl methyl sites for hydroxylation is 1. The molecule has 0 saturated heterocycles. The molecule has 2 nitrogen and oxygen atoms in total. The minimum absolute atomic E-state index is 0.177. The number of hydrogen-bond donors (Lipinski definition) is 0. The summed E-state index contributed by atoms with van der Waals surface area (Å²) in [5, 5.41) is 9.21. The van der Waals surface area contributed by atoms with Crippen molar-refractivity contribution in [3.05, 3.63) is 33.8 Å². The van der Waals surface area contributed by atoms with Gasteiger partial charge in [0, 0.05) is 17.3 Å². The lowest BCUT2D eigenvalue weighted by Gasteiger charge is -2.35. The van der Waals surface area contributed by atoms with Gasteiger partial charge in [-0.2, -0.15) is 5.26 Å². The van der Waals surface area contributed by atoms with E-state index in [9.17, 15) is 10.1 Å². The van der Waals surface area contributed by atoms with Crippen molar-refractivity contribution in [2.24, 2.45) is 0 Å². The highest BCUT2D eigenvalue weighted by Crippen LogP contribution is 2.42. The van der Waals surface area contributed by atoms with Gasteiger partial charge in [0.05, 0.1) is 11.5 Å². The highest BCUT2D eigenvalue weighted by molar-refractivity contribution is 9.10. The smallest absolute Gasteiger partial charge is 0.136 e. The second-order valence-electron chi connectivity index (χ2n) is 4.05. The largest absolute Gasteiger partial charge is 0.300 e. The van der Waals surface area contributed by atoms with E-state index < -0.39 is 5.41 Å². The van der Waals surface area contributed by atoms with E-state index in [1.54, 1.807) is 0 Å². The fraction of sp³-hybridized carbons (Fsp3) is 0.333. The molecule has 0 heterocycles. The average Bonchev–Trinajstić information content (AvgIpc) is 2.17. The molecule has 3 heteroatoms. The van der Waals surface area contributed by atoms with Crippen LogP contribution in [0.3, 0.4) is 0 Å². The maximum atomic E-state index is 11.1. The van der Waals surface area contributed by atoms with Gasteiger partial charge in [0.15, 0.2) is 0 Å². The summed E-state index contributed by atoms with van der Waals surface area (Å²) >= 11 is 3.39. The van der Waals surface area contributed by atoms with Crippen molar-refractivity contribution in [2.45, 2.75) is 25.2 Å². The zero-order valence-electron chi connectivity index (χ0n) is 8.38. The Bertz CT molecular complexity index is 465. The number of halogens is 1. The zero-order chi connectivity index (χ0) is 11.1. The van der Waals surface area contributed by atoms with Gasteiger partial charge < -0.3 is 0 Å². The summed E-state index contributed by atoms with van der Waals surface area (Å²) in [6.45, 7) is 1.98. The summed E-state index contributed by atoms with van der Waals surface area (Å²) in [7, 11) is 0. The molecule has 0 atom stereocenters. The molecule has 1 aliphatic rings. The van der Waals surface area contributed by atoms with Crippen LogP contribution in [0.1, 0.15) is 24.0 Å². The van der Waals surface area contributed by atoms with Gasteiger partial charge in [-0.05, 0) is 30.2 Å². The van der Waals surface area contributed by atoms with E-state index >= 15 is 0 Å². The minimum atomic E-state index is -0.565. The van der Waals surface area contributed by atoms with E-state index in [4.69, 9.17) is 0 Å². The van der Waals surface area contributed by atoms with Crippen LogP contribution in [0.5, 0.6) is 0 Å². The molecule has 76 valence electrons. The molecule has 0 aromatic heterocycles. The summed E-state index contributed by atoms with van der Waals surface area (Å²) in [6, 6.07) is 8.16. The quantitative estimate of drug-likeness (QED) is 0.782. The predicted molar refractivity (Wildman–Crippen MR) is 60.4 cm³/mol. The number of hydrogen-bond acceptors (Lipinski definition) is 2. The summed E-state index contributed by atoms with van der Waals surface area (Å²) in [4.78, 5) is 11.1. The lowest BCUT2D eigenvalue weighted by molar-refractivity contribution is -0.126. The monoisotopic (exact) mass is 263 g/mol. The standard InChI is InChI=1S/C12H10BrNO/c1-8-2-3-9(13)4-11(8)12(7-14)5-10(15)6-12/h2-4H,5-6H2,1H3. The summed E-state index contributed by atoms with van der Waals surface area (Å²) in [6.07, 6.45) is 0.724. The Labute approximate surface area is 97.0 Å². The molecule has 0 aliphatic heterocycles. The van der Waals surface area contributed by atoms with Gasteiger partial charge in [-0.25, -0.2) is 0 Å². The highest BCUT2D eigenvalue weighted by Gasteiger charge is 2.46. The van der Waals surface area contributed by atoms with E-state index in [-0.39, 0.29) is 5.78 Å². The lowest BCUT2D eigenvalue weighted by Crippen LogP contribution is -2.40. The Balaban J connectivity index is 2.49. The lowest BCUT2D eigenvalue weighted by atomic mass is 9.64. The molecule has 15 heavy (non-hydrogen) atoms. The molecule has 0 radical (unpaired) electrons. The summed E-state index contributed by atoms with van der Waals surface area (Å²) in [5.74, 6) is 0.177. The fourth-order valence-electron chi connectivity index (χ4n) is 2.06. The molecule has 2 rings (SSSR count). The maximum absolute atomic E-state index is 11.1. The first-order valence-electron chi connectivity index (χ1n) is 4.77. The minimum Gasteiger partial charge on any atom is -0.300 e. The van der Waals surface area contributed by atoms with E-state index in [0.29, 0.717) is 12.8 Å². The molecule has 0 unspecified atom stereocenters. The second kappa shape index (κ2) is 3.46. The Hall–Kier alpha value is -1.14. The van der Waals surface area contributed by atoms with Crippen molar-refractivity contribution < 1.29 is 4.79 Å². The van der Waals surface area contributed by atoms with Crippen LogP contribution in [-0.2, 0) is 10.2 Å². The summed E-state index contributed by atoms with van der Waals surface area (Å²) in [5.41, 5.74) is 1.50. The van der Waals surface area contributed by atoms with Crippen LogP contribution in [0.2, 0.25) is 0 Å². The second-order valence-corrected chi connectivity index (χ2v) is 4.96. The molecule has 0 spiro atoms. The van der Waals surface area contributed by atoms with Gasteiger partial charge in [-0.15, -0.1) is 0 Å². The number of Topliss-reactive ketones (excluding diaryl/α,β-unsaturated/α-hetero) is 1. The van der Waals surface area contributed by atoms with Gasteiger partial charge in [-0.3, -0.25) is 4.79 Å². The van der Waals surface area contributed by atoms with Crippen LogP contribution in [0.15, 0.2) is 22.7 Å². The van der Waals surface area contributed by atoms with E-state index in [1.807, 2.05) is 25.1 Å². The molecular formula is C12H10BrNO. The molecule has 0 amide bonds. The molecule has 0 N–H and O–H groups in total. The molecular weight excluding hydrogens is 254 g/mol. The Morgan fingerprint density at radius 2 is 2.13 bits per heavy atom. The molecule has 1 aliphatic carbocycles. The normalized spacial score (nSPS) is 18.1. The van der Waals surface area contributed by atoms with Crippen molar-refractivity contribution in [3.63, 3.8) is 0 Å². The first-order chi connectivity index (χ1) is 7.07. The van der Waals surface area contributed by atoms with Gasteiger partial charge in [-0.1, -0.05) is 22.0 Å². The number of nitriles is 1. The SMILES string of the molecule is Cc1ccc(Br)cc1C1(C#N)CC(=O)C1. The van der Waals surface area contributed by atoms with Crippen molar-refractivity contribution in [1.82, 2.24) is 0 Å². The molecule has 1 saturated carbocycles. The summed E-state index contributed by atoms with van der Waals surface area (Å²) < 4.78 is 0.956. The number of benzene rings is 1. The van der Waals surface area contributed by atoms with Gasteiger partial charge in [0.2, 0.25) is 0 Å². The van der Waals surface area contributed by atoms with E-state index in [2.05, 4.69) is 22.0 Å². The number of carbonyl (C=O) groups excluding carboxylic acids is 1. The Kier molecular flexibility index (Phi) is 2.40. The van der Waals surface area contributed by atoms with Gasteiger partial charge >= 0.3 is 0 Å². The number of rotatable bonds is 1. The van der Waals surface area contributed by atoms with E-state index in [0.717, 1.165) is 15.6 Å². The van der Waals surface area contributed by atoms with Crippen LogP contribution >= 0.6 is 15.9 Å². The van der Waals surface area contributed by atoms with Crippen LogP contribution in [-0.4, -0.2) is 5.78 Å². The first-order valence-corrected chi connectivity index (χ1v) is 5.56. The zero-order valence-corrected chi connectivity index (χ0v) is 9.97. The third-order valence-corrected chi connectivity index (χ3v) is 3.42. The van der Waals surface area contributed by atoms with Crippen LogP contribution in [0.4, 0.5) is 0 Å². The van der Waals surface area contributed by atoms with Crippen molar-refractivity contribution >= 4 is 21.7 Å². The fourth-order valence-corrected chi connectivity index (χ4v) is 2.42. The Morgan fingerprint density at radius 3 is 2.67 bits per heavy atom. The molecule has 0 bridgehead atoms. The number of nitrogens with zero attached hydrogens (tertiary/aromatic N) is 1. The predicted octanol–water partition coefficient (Wildman–Crippen LogP) is 2.88. The van der Waals surface area contributed by atoms with Crippen LogP contribution in [0, 0.1) is 18.3 Å². The topological polar surface area (TPSA) is 40.9 Å². The van der Waals surface area contributed by atoms with Gasteiger partial charge in [0.25, 0.3) is 0 Å². The highest BCUT2D eigenvalue weighted by atomic mass is 79.9. The van der Waals surface area contributed by atoms with Crippen molar-refractivity contribution in [1.29, 1.82) is 5.26 Å². The number of carbonyl (C=O) groups is 1. The third kappa shape index (κ3) is 1.59. The molecule has 1 aromatic rings. The van der Waals surface area contributed by atoms with Crippen molar-refractivity contribution in [3.8, 4) is 6.07 Å². The van der Waals surface area contributed by atoms with Crippen molar-refractivity contribution in [2.75, 3.05) is 0 Å². The average molecular weight is 264 g/mol. The molecule has 1 fully saturated rings. The molecule has 1 aromatic carbocycles. The first kappa shape index (κ1) is 10.4.